The van der Waals surface area contributed by atoms with Crippen LogP contribution in [0.25, 0.3) is 0 Å². The molecule has 5 heteroatoms. The van der Waals surface area contributed by atoms with Crippen LogP contribution < -0.4 is 5.32 Å². The minimum absolute atomic E-state index is 0.186. The van der Waals surface area contributed by atoms with Gasteiger partial charge >= 0.3 is 5.97 Å². The van der Waals surface area contributed by atoms with Crippen LogP contribution >= 0.6 is 15.9 Å². The molecular weight excluding hydrogens is 334 g/mol. The van der Waals surface area contributed by atoms with Gasteiger partial charge in [0, 0.05) is 4.47 Å². The van der Waals surface area contributed by atoms with Crippen LogP contribution in [-0.4, -0.2) is 19.0 Å². The van der Waals surface area contributed by atoms with Gasteiger partial charge in [0.25, 0.3) is 0 Å². The quantitative estimate of drug-likeness (QED) is 0.862. The summed E-state index contributed by atoms with van der Waals surface area (Å²) >= 11 is 3.35. The summed E-state index contributed by atoms with van der Waals surface area (Å²) in [5.74, 6) is -0.664. The number of hydrogen-bond donors (Lipinski definition) is 1. The Hall–Kier alpha value is -2.14. The number of nitrogens with one attached hydrogen (secondary N) is 1. The first kappa shape index (κ1) is 15.3. The lowest BCUT2D eigenvalue weighted by Crippen LogP contribution is -2.17. The third-order valence-electron chi connectivity index (χ3n) is 2.88. The van der Waals surface area contributed by atoms with E-state index in [1.807, 2.05) is 24.3 Å². The number of halogens is 1. The van der Waals surface area contributed by atoms with Crippen LogP contribution in [0.3, 0.4) is 0 Å². The minimum atomic E-state index is -0.477. The number of anilines is 1. The molecule has 108 valence electrons. The van der Waals surface area contributed by atoms with Gasteiger partial charge in [0.2, 0.25) is 5.91 Å². The molecule has 2 aromatic rings. The molecule has 2 rings (SSSR count). The van der Waals surface area contributed by atoms with Crippen LogP contribution in [0.5, 0.6) is 0 Å². The van der Waals surface area contributed by atoms with Crippen molar-refractivity contribution in [3.63, 3.8) is 0 Å². The van der Waals surface area contributed by atoms with Crippen LogP contribution in [0.1, 0.15) is 15.9 Å². The lowest BCUT2D eigenvalue weighted by Gasteiger charge is -2.09. The zero-order chi connectivity index (χ0) is 15.2. The van der Waals surface area contributed by atoms with Crippen molar-refractivity contribution in [2.75, 3.05) is 12.4 Å². The van der Waals surface area contributed by atoms with E-state index in [2.05, 4.69) is 21.2 Å². The number of ether oxygens (including phenoxy) is 1. The van der Waals surface area contributed by atoms with E-state index in [0.29, 0.717) is 11.3 Å². The van der Waals surface area contributed by atoms with Gasteiger partial charge in [-0.25, -0.2) is 4.79 Å². The molecule has 0 unspecified atom stereocenters. The number of esters is 1. The molecule has 0 radical (unpaired) electrons. The summed E-state index contributed by atoms with van der Waals surface area (Å²) in [6.07, 6.45) is 0.239. The summed E-state index contributed by atoms with van der Waals surface area (Å²) in [5, 5.41) is 2.74. The Morgan fingerprint density at radius 2 is 1.76 bits per heavy atom. The van der Waals surface area contributed by atoms with Crippen molar-refractivity contribution in [3.8, 4) is 0 Å². The molecule has 1 N–H and O–H groups in total. The highest BCUT2D eigenvalue weighted by atomic mass is 79.9. The predicted octanol–water partition coefficient (Wildman–Crippen LogP) is 3.42. The summed E-state index contributed by atoms with van der Waals surface area (Å²) in [5.41, 5.74) is 1.68. The maximum absolute atomic E-state index is 12.1. The van der Waals surface area contributed by atoms with Crippen LogP contribution in [0.4, 0.5) is 5.69 Å². The normalized spacial score (nSPS) is 10.0. The van der Waals surface area contributed by atoms with Crippen molar-refractivity contribution in [2.24, 2.45) is 0 Å². The van der Waals surface area contributed by atoms with Gasteiger partial charge in [0.05, 0.1) is 24.8 Å². The zero-order valence-electron chi connectivity index (χ0n) is 11.4. The molecule has 0 aliphatic rings. The molecule has 0 bridgehead atoms. The van der Waals surface area contributed by atoms with Crippen LogP contribution in [0.2, 0.25) is 0 Å². The first-order chi connectivity index (χ1) is 10.1. The van der Waals surface area contributed by atoms with Gasteiger partial charge in [-0.05, 0) is 29.8 Å². The van der Waals surface area contributed by atoms with Crippen molar-refractivity contribution in [1.82, 2.24) is 0 Å². The molecule has 1 amide bonds. The first-order valence-corrected chi connectivity index (χ1v) is 7.11. The van der Waals surface area contributed by atoms with E-state index in [1.54, 1.807) is 24.3 Å². The third-order valence-corrected chi connectivity index (χ3v) is 3.41. The minimum Gasteiger partial charge on any atom is -0.465 e. The smallest absolute Gasteiger partial charge is 0.339 e. The fourth-order valence-corrected chi connectivity index (χ4v) is 2.13. The van der Waals surface area contributed by atoms with Crippen LogP contribution in [0, 0.1) is 0 Å². The summed E-state index contributed by atoms with van der Waals surface area (Å²) < 4.78 is 5.66. The molecule has 0 aliphatic heterocycles. The number of carbonyl (C=O) groups is 2. The molecule has 0 aliphatic carbocycles. The third kappa shape index (κ3) is 4.16. The van der Waals surface area contributed by atoms with E-state index < -0.39 is 5.97 Å². The van der Waals surface area contributed by atoms with Crippen LogP contribution in [-0.2, 0) is 16.0 Å². The fraction of sp³-hybridized carbons (Fsp3) is 0.125. The monoisotopic (exact) mass is 347 g/mol. The number of benzene rings is 2. The van der Waals surface area contributed by atoms with E-state index in [9.17, 15) is 9.59 Å². The number of rotatable bonds is 4. The maximum atomic E-state index is 12.1. The second kappa shape index (κ2) is 7.04. The van der Waals surface area contributed by atoms with Crippen molar-refractivity contribution in [1.29, 1.82) is 0 Å². The molecule has 21 heavy (non-hydrogen) atoms. The summed E-state index contributed by atoms with van der Waals surface area (Å²) in [7, 11) is 1.31. The average Bonchev–Trinajstić information content (AvgIpc) is 2.49. The van der Waals surface area contributed by atoms with E-state index in [-0.39, 0.29) is 12.3 Å². The van der Waals surface area contributed by atoms with E-state index in [0.717, 1.165) is 10.0 Å². The molecule has 0 spiro atoms. The van der Waals surface area contributed by atoms with E-state index >= 15 is 0 Å². The number of hydrogen-bond acceptors (Lipinski definition) is 3. The largest absolute Gasteiger partial charge is 0.465 e. The lowest BCUT2D eigenvalue weighted by molar-refractivity contribution is -0.115. The van der Waals surface area contributed by atoms with Gasteiger partial charge in [0.15, 0.2) is 0 Å². The summed E-state index contributed by atoms with van der Waals surface area (Å²) in [6, 6.07) is 14.3. The van der Waals surface area contributed by atoms with E-state index in [4.69, 9.17) is 4.74 Å². The highest BCUT2D eigenvalue weighted by Crippen LogP contribution is 2.17. The fourth-order valence-electron chi connectivity index (χ4n) is 1.86. The predicted molar refractivity (Wildman–Crippen MR) is 84.3 cm³/mol. The van der Waals surface area contributed by atoms with Gasteiger partial charge < -0.3 is 10.1 Å². The molecule has 4 nitrogen and oxygen atoms in total. The van der Waals surface area contributed by atoms with Gasteiger partial charge in [-0.15, -0.1) is 0 Å². The zero-order valence-corrected chi connectivity index (χ0v) is 13.0. The van der Waals surface area contributed by atoms with Crippen LogP contribution in [0.15, 0.2) is 53.0 Å². The van der Waals surface area contributed by atoms with Gasteiger partial charge in [0.1, 0.15) is 0 Å². The van der Waals surface area contributed by atoms with Gasteiger partial charge in [-0.3, -0.25) is 4.79 Å². The Morgan fingerprint density at radius 1 is 1.10 bits per heavy atom. The molecule has 0 aromatic heterocycles. The Bertz CT molecular complexity index is 653. The van der Waals surface area contributed by atoms with Crippen molar-refractivity contribution >= 4 is 33.5 Å². The van der Waals surface area contributed by atoms with Gasteiger partial charge in [-0.1, -0.05) is 40.2 Å². The molecule has 0 atom stereocenters. The number of methoxy groups -OCH3 is 1. The highest BCUT2D eigenvalue weighted by Gasteiger charge is 2.13. The number of carbonyl (C=O) groups excluding carboxylic acids is 2. The average molecular weight is 348 g/mol. The SMILES string of the molecule is COC(=O)c1ccccc1NC(=O)Cc1ccc(Br)cc1. The Labute approximate surface area is 131 Å². The number of amides is 1. The molecule has 0 fully saturated rings. The molecule has 2 aromatic carbocycles. The van der Waals surface area contributed by atoms with Crippen molar-refractivity contribution in [3.05, 3.63) is 64.1 Å². The molecule has 0 heterocycles. The maximum Gasteiger partial charge on any atom is 0.339 e. The lowest BCUT2D eigenvalue weighted by atomic mass is 10.1. The van der Waals surface area contributed by atoms with Gasteiger partial charge in [-0.2, -0.15) is 0 Å². The van der Waals surface area contributed by atoms with Crippen molar-refractivity contribution in [2.45, 2.75) is 6.42 Å². The second-order valence-corrected chi connectivity index (χ2v) is 5.30. The first-order valence-electron chi connectivity index (χ1n) is 6.32. The second-order valence-electron chi connectivity index (χ2n) is 4.39. The topological polar surface area (TPSA) is 55.4 Å². The number of para-hydroxylation sites is 1. The Kier molecular flexibility index (Phi) is 5.11. The van der Waals surface area contributed by atoms with Crippen molar-refractivity contribution < 1.29 is 14.3 Å². The highest BCUT2D eigenvalue weighted by molar-refractivity contribution is 9.10. The summed E-state index contributed by atoms with van der Waals surface area (Å²) in [4.78, 5) is 23.7. The molecular formula is C16H14BrNO3. The Balaban J connectivity index is 2.09. The Morgan fingerprint density at radius 3 is 2.43 bits per heavy atom. The molecule has 0 saturated carbocycles. The summed E-state index contributed by atoms with van der Waals surface area (Å²) in [6.45, 7) is 0. The molecule has 0 saturated heterocycles. The standard InChI is InChI=1S/C16H14BrNO3/c1-21-16(20)13-4-2-3-5-14(13)18-15(19)10-11-6-8-12(17)9-7-11/h2-9H,10H2,1H3,(H,18,19). The van der Waals surface area contributed by atoms with E-state index in [1.165, 1.54) is 7.11 Å².